The van der Waals surface area contributed by atoms with Crippen LogP contribution in [0, 0.1) is 5.82 Å². The second-order valence-corrected chi connectivity index (χ2v) is 6.43. The average molecular weight is 343 g/mol. The first-order valence-corrected chi connectivity index (χ1v) is 8.66. The lowest BCUT2D eigenvalue weighted by atomic mass is 9.87. The molecule has 0 aliphatic carbocycles. The van der Waals surface area contributed by atoms with Gasteiger partial charge >= 0.3 is 5.97 Å². The Morgan fingerprint density at radius 1 is 1.16 bits per heavy atom. The highest BCUT2D eigenvalue weighted by Gasteiger charge is 2.19. The molecular weight excluding hydrogens is 317 g/mol. The third-order valence-electron chi connectivity index (χ3n) is 4.22. The van der Waals surface area contributed by atoms with Crippen molar-refractivity contribution in [3.8, 4) is 0 Å². The van der Waals surface area contributed by atoms with Crippen molar-refractivity contribution < 1.29 is 13.9 Å². The Hall–Kier alpha value is -2.20. The standard InChI is InChI=1S/C21H26FNO2/c1-4-25-21(24)20-11-10-19(22)15-18(20)14-17(12-13-23(2)3)16-8-6-5-7-9-16/h5-11,15,17H,4,12-14H2,1-3H3. The molecule has 2 aromatic rings. The number of benzene rings is 2. The van der Waals surface area contributed by atoms with Gasteiger partial charge < -0.3 is 9.64 Å². The van der Waals surface area contributed by atoms with Gasteiger partial charge in [0.25, 0.3) is 0 Å². The molecule has 0 aromatic heterocycles. The van der Waals surface area contributed by atoms with E-state index in [1.54, 1.807) is 6.92 Å². The quantitative estimate of drug-likeness (QED) is 0.670. The molecule has 0 bridgehead atoms. The molecule has 2 rings (SSSR count). The van der Waals surface area contributed by atoms with Crippen LogP contribution in [0.25, 0.3) is 0 Å². The summed E-state index contributed by atoms with van der Waals surface area (Å²) in [5, 5.41) is 0. The van der Waals surface area contributed by atoms with Crippen LogP contribution in [0.4, 0.5) is 4.39 Å². The van der Waals surface area contributed by atoms with Gasteiger partial charge in [0, 0.05) is 0 Å². The normalized spacial score (nSPS) is 12.2. The molecule has 0 aliphatic rings. The monoisotopic (exact) mass is 343 g/mol. The number of nitrogens with zero attached hydrogens (tertiary/aromatic N) is 1. The van der Waals surface area contributed by atoms with Crippen LogP contribution in [-0.4, -0.2) is 38.1 Å². The lowest BCUT2D eigenvalue weighted by Gasteiger charge is -2.21. The fourth-order valence-electron chi connectivity index (χ4n) is 2.93. The number of ether oxygens (including phenoxy) is 1. The molecule has 0 amide bonds. The van der Waals surface area contributed by atoms with E-state index < -0.39 is 5.97 Å². The van der Waals surface area contributed by atoms with Gasteiger partial charge in [-0.1, -0.05) is 30.3 Å². The van der Waals surface area contributed by atoms with Crippen molar-refractivity contribution in [2.45, 2.75) is 25.7 Å². The summed E-state index contributed by atoms with van der Waals surface area (Å²) < 4.78 is 18.9. The maximum absolute atomic E-state index is 13.8. The van der Waals surface area contributed by atoms with Crippen LogP contribution in [0.2, 0.25) is 0 Å². The van der Waals surface area contributed by atoms with Gasteiger partial charge in [0.05, 0.1) is 12.2 Å². The molecule has 25 heavy (non-hydrogen) atoms. The number of hydrogen-bond acceptors (Lipinski definition) is 3. The van der Waals surface area contributed by atoms with E-state index in [1.165, 1.54) is 23.8 Å². The molecule has 0 aliphatic heterocycles. The maximum atomic E-state index is 13.8. The zero-order valence-corrected chi connectivity index (χ0v) is 15.2. The van der Waals surface area contributed by atoms with E-state index in [2.05, 4.69) is 17.0 Å². The molecule has 0 saturated carbocycles. The Balaban J connectivity index is 2.31. The average Bonchev–Trinajstić information content (AvgIpc) is 2.59. The third kappa shape index (κ3) is 5.68. The molecule has 1 atom stereocenters. The zero-order valence-electron chi connectivity index (χ0n) is 15.2. The minimum atomic E-state index is -0.392. The minimum absolute atomic E-state index is 0.207. The fraction of sp³-hybridized carbons (Fsp3) is 0.381. The van der Waals surface area contributed by atoms with Crippen LogP contribution in [0.3, 0.4) is 0 Å². The van der Waals surface area contributed by atoms with Gasteiger partial charge in [-0.05, 0) is 75.6 Å². The Kier molecular flexibility index (Phi) is 7.14. The molecule has 0 radical (unpaired) electrons. The molecule has 0 spiro atoms. The summed E-state index contributed by atoms with van der Waals surface area (Å²) >= 11 is 0. The van der Waals surface area contributed by atoms with Gasteiger partial charge in [0.1, 0.15) is 5.82 Å². The van der Waals surface area contributed by atoms with Crippen molar-refractivity contribution in [1.29, 1.82) is 0 Å². The summed E-state index contributed by atoms with van der Waals surface area (Å²) in [4.78, 5) is 14.3. The van der Waals surface area contributed by atoms with Crippen LogP contribution in [0.5, 0.6) is 0 Å². The van der Waals surface area contributed by atoms with E-state index in [-0.39, 0.29) is 11.7 Å². The summed E-state index contributed by atoms with van der Waals surface area (Å²) in [5.41, 5.74) is 2.35. The van der Waals surface area contributed by atoms with Crippen LogP contribution in [0.15, 0.2) is 48.5 Å². The lowest BCUT2D eigenvalue weighted by molar-refractivity contribution is 0.0525. The summed E-state index contributed by atoms with van der Waals surface area (Å²) in [6, 6.07) is 14.5. The van der Waals surface area contributed by atoms with Crippen LogP contribution in [-0.2, 0) is 11.2 Å². The van der Waals surface area contributed by atoms with E-state index >= 15 is 0 Å². The van der Waals surface area contributed by atoms with E-state index in [4.69, 9.17) is 4.74 Å². The molecule has 2 aromatic carbocycles. The SMILES string of the molecule is CCOC(=O)c1ccc(F)cc1CC(CCN(C)C)c1ccccc1. The van der Waals surface area contributed by atoms with Crippen LogP contribution >= 0.6 is 0 Å². The highest BCUT2D eigenvalue weighted by atomic mass is 19.1. The molecule has 0 fully saturated rings. The molecule has 0 N–H and O–H groups in total. The largest absolute Gasteiger partial charge is 0.462 e. The molecule has 134 valence electrons. The highest BCUT2D eigenvalue weighted by molar-refractivity contribution is 5.91. The maximum Gasteiger partial charge on any atom is 0.338 e. The number of hydrogen-bond donors (Lipinski definition) is 0. The van der Waals surface area contributed by atoms with Crippen LogP contribution in [0.1, 0.15) is 40.7 Å². The van der Waals surface area contributed by atoms with E-state index in [1.807, 2.05) is 32.3 Å². The first kappa shape index (κ1) is 19.1. The third-order valence-corrected chi connectivity index (χ3v) is 4.22. The zero-order chi connectivity index (χ0) is 18.2. The Morgan fingerprint density at radius 3 is 2.52 bits per heavy atom. The summed E-state index contributed by atoms with van der Waals surface area (Å²) in [6.45, 7) is 2.99. The fourth-order valence-corrected chi connectivity index (χ4v) is 2.93. The van der Waals surface area contributed by atoms with Crippen molar-refractivity contribution in [2.24, 2.45) is 0 Å². The van der Waals surface area contributed by atoms with E-state index in [0.717, 1.165) is 13.0 Å². The Morgan fingerprint density at radius 2 is 1.88 bits per heavy atom. The predicted octanol–water partition coefficient (Wildman–Crippen LogP) is 4.28. The van der Waals surface area contributed by atoms with Gasteiger partial charge in [-0.3, -0.25) is 0 Å². The van der Waals surface area contributed by atoms with Crippen molar-refractivity contribution in [1.82, 2.24) is 4.90 Å². The number of esters is 1. The van der Waals surface area contributed by atoms with Crippen LogP contribution < -0.4 is 0 Å². The number of rotatable bonds is 8. The van der Waals surface area contributed by atoms with E-state index in [0.29, 0.717) is 24.2 Å². The summed E-state index contributed by atoms with van der Waals surface area (Å²) in [5.74, 6) is -0.516. The van der Waals surface area contributed by atoms with Crippen molar-refractivity contribution in [3.05, 3.63) is 71.0 Å². The first-order valence-electron chi connectivity index (χ1n) is 8.66. The summed E-state index contributed by atoms with van der Waals surface area (Å²) in [7, 11) is 4.07. The minimum Gasteiger partial charge on any atom is -0.462 e. The topological polar surface area (TPSA) is 29.5 Å². The van der Waals surface area contributed by atoms with Gasteiger partial charge in [-0.2, -0.15) is 0 Å². The smallest absolute Gasteiger partial charge is 0.338 e. The van der Waals surface area contributed by atoms with Crippen molar-refractivity contribution >= 4 is 5.97 Å². The number of carbonyl (C=O) groups is 1. The Bertz CT molecular complexity index is 686. The lowest BCUT2D eigenvalue weighted by Crippen LogP contribution is -2.18. The molecule has 3 nitrogen and oxygen atoms in total. The second-order valence-electron chi connectivity index (χ2n) is 6.43. The molecule has 0 heterocycles. The molecule has 1 unspecified atom stereocenters. The molecular formula is C21H26FNO2. The highest BCUT2D eigenvalue weighted by Crippen LogP contribution is 2.27. The van der Waals surface area contributed by atoms with Gasteiger partial charge in [-0.25, -0.2) is 9.18 Å². The van der Waals surface area contributed by atoms with Crippen molar-refractivity contribution in [2.75, 3.05) is 27.2 Å². The molecule has 0 saturated heterocycles. The number of carbonyl (C=O) groups excluding carboxylic acids is 1. The molecule has 4 heteroatoms. The summed E-state index contributed by atoms with van der Waals surface area (Å²) in [6.07, 6.45) is 1.53. The van der Waals surface area contributed by atoms with Gasteiger partial charge in [-0.15, -0.1) is 0 Å². The van der Waals surface area contributed by atoms with Crippen molar-refractivity contribution in [3.63, 3.8) is 0 Å². The number of halogens is 1. The van der Waals surface area contributed by atoms with Gasteiger partial charge in [0.2, 0.25) is 0 Å². The first-order chi connectivity index (χ1) is 12.0. The second kappa shape index (κ2) is 9.33. The van der Waals surface area contributed by atoms with Gasteiger partial charge in [0.15, 0.2) is 0 Å². The van der Waals surface area contributed by atoms with E-state index in [9.17, 15) is 9.18 Å². The Labute approximate surface area is 149 Å². The predicted molar refractivity (Wildman–Crippen MR) is 98.4 cm³/mol.